The second-order valence-electron chi connectivity index (χ2n) is 4.57. The third kappa shape index (κ3) is 4.14. The summed E-state index contributed by atoms with van der Waals surface area (Å²) in [6.07, 6.45) is 0.932. The van der Waals surface area contributed by atoms with Gasteiger partial charge in [-0.3, -0.25) is 0 Å². The van der Waals surface area contributed by atoms with Gasteiger partial charge in [0, 0.05) is 28.0 Å². The molecule has 0 amide bonds. The highest BCUT2D eigenvalue weighted by Gasteiger charge is 2.05. The lowest BCUT2D eigenvalue weighted by Gasteiger charge is -2.12. The van der Waals surface area contributed by atoms with Crippen molar-refractivity contribution in [3.63, 3.8) is 0 Å². The summed E-state index contributed by atoms with van der Waals surface area (Å²) in [6, 6.07) is 13.1. The van der Waals surface area contributed by atoms with E-state index in [1.165, 1.54) is 0 Å². The van der Waals surface area contributed by atoms with Gasteiger partial charge in [0.25, 0.3) is 0 Å². The van der Waals surface area contributed by atoms with Crippen LogP contribution in [0.15, 0.2) is 40.9 Å². The molecule has 2 aromatic rings. The van der Waals surface area contributed by atoms with Crippen molar-refractivity contribution in [2.75, 3.05) is 17.7 Å². The molecule has 2 rings (SSSR count). The summed E-state index contributed by atoms with van der Waals surface area (Å²) < 4.78 is 6.50. The number of hydrogen-bond acceptors (Lipinski definition) is 4. The number of nitrogens with one attached hydrogen (secondary N) is 1. The summed E-state index contributed by atoms with van der Waals surface area (Å²) in [5, 5.41) is 12.4. The van der Waals surface area contributed by atoms with Crippen molar-refractivity contribution < 1.29 is 4.74 Å². The molecule has 0 aliphatic carbocycles. The van der Waals surface area contributed by atoms with Gasteiger partial charge in [-0.25, -0.2) is 0 Å². The van der Waals surface area contributed by atoms with Crippen LogP contribution >= 0.6 is 15.9 Å². The predicted octanol–water partition coefficient (Wildman–Crippen LogP) is 4.44. The Morgan fingerprint density at radius 2 is 2.10 bits per heavy atom. The van der Waals surface area contributed by atoms with E-state index in [0.717, 1.165) is 22.3 Å². The molecule has 4 nitrogen and oxygen atoms in total. The first kappa shape index (κ1) is 15.2. The number of nitrogens with two attached hydrogens (primary N) is 1. The standard InChI is InChI=1S/C16H16BrN3O/c1-2-5-21-15-8-13(19)7-14(9-15)20-16-6-12(17)4-3-11(16)10-18/h3-4,6-9,20H,2,5,19H2,1H3. The molecule has 0 bridgehead atoms. The number of benzene rings is 2. The Kier molecular flexibility index (Phi) is 5.07. The minimum absolute atomic E-state index is 0.566. The van der Waals surface area contributed by atoms with Crippen molar-refractivity contribution in [2.45, 2.75) is 13.3 Å². The lowest BCUT2D eigenvalue weighted by atomic mass is 10.2. The molecule has 0 fully saturated rings. The van der Waals surface area contributed by atoms with E-state index in [0.29, 0.717) is 23.6 Å². The zero-order valence-corrected chi connectivity index (χ0v) is 13.3. The van der Waals surface area contributed by atoms with Gasteiger partial charge in [-0.2, -0.15) is 5.26 Å². The number of nitrogens with zero attached hydrogens (tertiary/aromatic N) is 1. The summed E-state index contributed by atoms with van der Waals surface area (Å²) in [4.78, 5) is 0. The summed E-state index contributed by atoms with van der Waals surface area (Å²) in [6.45, 7) is 2.69. The van der Waals surface area contributed by atoms with Gasteiger partial charge in [-0.05, 0) is 30.7 Å². The van der Waals surface area contributed by atoms with Crippen LogP contribution in [0.3, 0.4) is 0 Å². The molecule has 21 heavy (non-hydrogen) atoms. The number of nitriles is 1. The van der Waals surface area contributed by atoms with E-state index in [2.05, 4.69) is 27.3 Å². The van der Waals surface area contributed by atoms with E-state index in [9.17, 15) is 0 Å². The predicted molar refractivity (Wildman–Crippen MR) is 88.8 cm³/mol. The molecule has 0 radical (unpaired) electrons. The van der Waals surface area contributed by atoms with Crippen LogP contribution in [-0.2, 0) is 0 Å². The lowest BCUT2D eigenvalue weighted by Crippen LogP contribution is -1.99. The Labute approximate surface area is 132 Å². The highest BCUT2D eigenvalue weighted by Crippen LogP contribution is 2.28. The zero-order valence-electron chi connectivity index (χ0n) is 11.7. The Bertz CT molecular complexity index is 680. The first-order chi connectivity index (χ1) is 10.1. The van der Waals surface area contributed by atoms with Crippen LogP contribution in [0.2, 0.25) is 0 Å². The SMILES string of the molecule is CCCOc1cc(N)cc(Nc2cc(Br)ccc2C#N)c1. The molecule has 0 aromatic heterocycles. The third-order valence-corrected chi connectivity index (χ3v) is 3.28. The lowest BCUT2D eigenvalue weighted by molar-refractivity contribution is 0.318. The van der Waals surface area contributed by atoms with Crippen LogP contribution < -0.4 is 15.8 Å². The molecule has 0 heterocycles. The molecule has 3 N–H and O–H groups in total. The van der Waals surface area contributed by atoms with Crippen LogP contribution in [0.1, 0.15) is 18.9 Å². The van der Waals surface area contributed by atoms with Crippen molar-refractivity contribution >= 4 is 33.0 Å². The van der Waals surface area contributed by atoms with Gasteiger partial charge in [0.15, 0.2) is 0 Å². The molecule has 0 spiro atoms. The number of rotatable bonds is 5. The highest BCUT2D eigenvalue weighted by molar-refractivity contribution is 9.10. The molecule has 0 saturated heterocycles. The summed E-state index contributed by atoms with van der Waals surface area (Å²) in [7, 11) is 0. The molecule has 0 aliphatic rings. The van der Waals surface area contributed by atoms with E-state index in [1.807, 2.05) is 25.1 Å². The smallest absolute Gasteiger partial charge is 0.123 e. The normalized spacial score (nSPS) is 9.95. The summed E-state index contributed by atoms with van der Waals surface area (Å²) in [5.74, 6) is 0.716. The molecular formula is C16H16BrN3O. The Morgan fingerprint density at radius 1 is 1.29 bits per heavy atom. The van der Waals surface area contributed by atoms with E-state index in [1.54, 1.807) is 18.2 Å². The summed E-state index contributed by atoms with van der Waals surface area (Å²) in [5.41, 5.74) is 8.58. The number of nitrogen functional groups attached to an aromatic ring is 1. The first-order valence-electron chi connectivity index (χ1n) is 6.62. The first-order valence-corrected chi connectivity index (χ1v) is 7.41. The van der Waals surface area contributed by atoms with Gasteiger partial charge in [0.05, 0.1) is 17.9 Å². The van der Waals surface area contributed by atoms with Gasteiger partial charge in [0.1, 0.15) is 11.8 Å². The fraction of sp³-hybridized carbons (Fsp3) is 0.188. The maximum absolute atomic E-state index is 9.16. The molecule has 108 valence electrons. The Morgan fingerprint density at radius 3 is 2.81 bits per heavy atom. The molecule has 0 atom stereocenters. The molecular weight excluding hydrogens is 330 g/mol. The Balaban J connectivity index is 2.29. The highest BCUT2D eigenvalue weighted by atomic mass is 79.9. The van der Waals surface area contributed by atoms with E-state index >= 15 is 0 Å². The summed E-state index contributed by atoms with van der Waals surface area (Å²) >= 11 is 3.40. The maximum atomic E-state index is 9.16. The van der Waals surface area contributed by atoms with E-state index < -0.39 is 0 Å². The van der Waals surface area contributed by atoms with Crippen molar-refractivity contribution in [1.29, 1.82) is 5.26 Å². The van der Waals surface area contributed by atoms with E-state index in [-0.39, 0.29) is 0 Å². The zero-order chi connectivity index (χ0) is 15.2. The molecule has 0 saturated carbocycles. The fourth-order valence-corrected chi connectivity index (χ4v) is 2.23. The number of ether oxygens (including phenoxy) is 1. The second kappa shape index (κ2) is 7.00. The minimum Gasteiger partial charge on any atom is -0.493 e. The van der Waals surface area contributed by atoms with Crippen LogP contribution in [0, 0.1) is 11.3 Å². The third-order valence-electron chi connectivity index (χ3n) is 2.78. The van der Waals surface area contributed by atoms with Gasteiger partial charge in [-0.15, -0.1) is 0 Å². The van der Waals surface area contributed by atoms with Gasteiger partial charge in [-0.1, -0.05) is 22.9 Å². The van der Waals surface area contributed by atoms with Crippen molar-refractivity contribution in [1.82, 2.24) is 0 Å². The average Bonchev–Trinajstić information content (AvgIpc) is 2.45. The Hall–Kier alpha value is -2.19. The molecule has 0 unspecified atom stereocenters. The molecule has 5 heteroatoms. The van der Waals surface area contributed by atoms with Crippen molar-refractivity contribution in [3.05, 3.63) is 46.4 Å². The molecule has 0 aliphatic heterocycles. The van der Waals surface area contributed by atoms with Gasteiger partial charge >= 0.3 is 0 Å². The quantitative estimate of drug-likeness (QED) is 0.786. The topological polar surface area (TPSA) is 71.1 Å². The number of halogens is 1. The van der Waals surface area contributed by atoms with Crippen LogP contribution in [0.5, 0.6) is 5.75 Å². The van der Waals surface area contributed by atoms with Crippen molar-refractivity contribution in [2.24, 2.45) is 0 Å². The number of anilines is 3. The second-order valence-corrected chi connectivity index (χ2v) is 5.48. The van der Waals surface area contributed by atoms with E-state index in [4.69, 9.17) is 15.7 Å². The minimum atomic E-state index is 0.566. The number of hydrogen-bond donors (Lipinski definition) is 2. The average molecular weight is 346 g/mol. The van der Waals surface area contributed by atoms with Crippen LogP contribution in [0.4, 0.5) is 17.1 Å². The van der Waals surface area contributed by atoms with Gasteiger partial charge in [0.2, 0.25) is 0 Å². The van der Waals surface area contributed by atoms with Crippen molar-refractivity contribution in [3.8, 4) is 11.8 Å². The van der Waals surface area contributed by atoms with Crippen LogP contribution in [-0.4, -0.2) is 6.61 Å². The van der Waals surface area contributed by atoms with Gasteiger partial charge < -0.3 is 15.8 Å². The van der Waals surface area contributed by atoms with Crippen LogP contribution in [0.25, 0.3) is 0 Å². The fourth-order valence-electron chi connectivity index (χ4n) is 1.87. The monoisotopic (exact) mass is 345 g/mol. The maximum Gasteiger partial charge on any atom is 0.123 e. The molecule has 2 aromatic carbocycles. The largest absolute Gasteiger partial charge is 0.493 e.